The second-order valence-corrected chi connectivity index (χ2v) is 10.5. The maximum absolute atomic E-state index is 3.85. The zero-order valence-electron chi connectivity index (χ0n) is 16.8. The van der Waals surface area contributed by atoms with Crippen LogP contribution in [0, 0.1) is 0 Å². The molecule has 0 atom stereocenters. The Morgan fingerprint density at radius 1 is 0.655 bits per heavy atom. The summed E-state index contributed by atoms with van der Waals surface area (Å²) in [6.45, 7) is 7.02. The van der Waals surface area contributed by atoms with E-state index >= 15 is 0 Å². The molecule has 0 saturated heterocycles. The number of rotatable bonds is 1. The highest BCUT2D eigenvalue weighted by Gasteiger charge is 2.32. The molecule has 4 aromatic carbocycles. The normalized spacial score (nSPS) is 12.9. The Bertz CT molecular complexity index is 1260. The molecule has 0 bridgehead atoms. The van der Waals surface area contributed by atoms with Gasteiger partial charge in [-0.3, -0.25) is 0 Å². The third-order valence-electron chi connectivity index (χ3n) is 5.94. The third kappa shape index (κ3) is 2.92. The second-order valence-electron chi connectivity index (χ2n) is 8.83. The average molecular weight is 506 g/mol. The number of halogens is 2. The zero-order valence-corrected chi connectivity index (χ0v) is 20.0. The Morgan fingerprint density at radius 3 is 1.97 bits per heavy atom. The molecular formula is C27H22Br2. The van der Waals surface area contributed by atoms with Crippen molar-refractivity contribution in [3.05, 3.63) is 92.4 Å². The molecule has 0 unspecified atom stereocenters. The molecule has 0 aliphatic heterocycles. The summed E-state index contributed by atoms with van der Waals surface area (Å²) in [5, 5.41) is 2.68. The first-order valence-electron chi connectivity index (χ1n) is 9.98. The van der Waals surface area contributed by atoms with Crippen LogP contribution in [0.5, 0.6) is 0 Å². The SMILES string of the molecule is CC(C)(C)c1c2c(c(-c3c(Br)cccc3Br)c3ccccc13)-c1ccccc1C2. The Kier molecular flexibility index (Phi) is 4.49. The van der Waals surface area contributed by atoms with Crippen molar-refractivity contribution < 1.29 is 0 Å². The molecule has 144 valence electrons. The summed E-state index contributed by atoms with van der Waals surface area (Å²) in [5.41, 5.74) is 9.78. The van der Waals surface area contributed by atoms with Crippen LogP contribution in [0.1, 0.15) is 37.5 Å². The van der Waals surface area contributed by atoms with Crippen molar-refractivity contribution in [3.8, 4) is 22.3 Å². The summed E-state index contributed by atoms with van der Waals surface area (Å²) in [6.07, 6.45) is 0.998. The fourth-order valence-electron chi connectivity index (χ4n) is 4.93. The molecule has 0 fully saturated rings. The molecule has 29 heavy (non-hydrogen) atoms. The van der Waals surface area contributed by atoms with E-state index in [2.05, 4.69) is 119 Å². The molecule has 0 spiro atoms. The molecule has 4 aromatic rings. The van der Waals surface area contributed by atoms with Gasteiger partial charge in [-0.1, -0.05) is 107 Å². The van der Waals surface area contributed by atoms with Gasteiger partial charge in [-0.05, 0) is 68.1 Å². The van der Waals surface area contributed by atoms with Crippen molar-refractivity contribution in [1.82, 2.24) is 0 Å². The molecule has 0 radical (unpaired) electrons. The van der Waals surface area contributed by atoms with Gasteiger partial charge in [-0.25, -0.2) is 0 Å². The lowest BCUT2D eigenvalue weighted by atomic mass is 9.76. The Morgan fingerprint density at radius 2 is 1.28 bits per heavy atom. The van der Waals surface area contributed by atoms with Gasteiger partial charge in [0.05, 0.1) is 0 Å². The molecule has 0 heterocycles. The van der Waals surface area contributed by atoms with Crippen LogP contribution in [-0.2, 0) is 11.8 Å². The molecule has 5 rings (SSSR count). The van der Waals surface area contributed by atoms with E-state index in [1.165, 1.54) is 49.7 Å². The van der Waals surface area contributed by atoms with Crippen molar-refractivity contribution in [2.75, 3.05) is 0 Å². The van der Waals surface area contributed by atoms with Gasteiger partial charge in [0.15, 0.2) is 0 Å². The Balaban J connectivity index is 2.06. The first-order chi connectivity index (χ1) is 13.9. The Hall–Kier alpha value is -1.90. The minimum atomic E-state index is 0.0649. The van der Waals surface area contributed by atoms with Gasteiger partial charge in [0.1, 0.15) is 0 Å². The predicted octanol–water partition coefficient (Wildman–Crippen LogP) is 8.90. The lowest BCUT2D eigenvalue weighted by molar-refractivity contribution is 0.591. The molecule has 2 heteroatoms. The summed E-state index contributed by atoms with van der Waals surface area (Å²) in [5.74, 6) is 0. The summed E-state index contributed by atoms with van der Waals surface area (Å²) in [4.78, 5) is 0. The van der Waals surface area contributed by atoms with Crippen molar-refractivity contribution in [3.63, 3.8) is 0 Å². The lowest BCUT2D eigenvalue weighted by Crippen LogP contribution is -2.15. The van der Waals surface area contributed by atoms with Gasteiger partial charge in [0.2, 0.25) is 0 Å². The first kappa shape index (κ1) is 19.1. The van der Waals surface area contributed by atoms with Crippen LogP contribution in [0.25, 0.3) is 33.0 Å². The molecule has 0 saturated carbocycles. The molecule has 0 nitrogen and oxygen atoms in total. The van der Waals surface area contributed by atoms with Gasteiger partial charge in [0, 0.05) is 14.5 Å². The highest BCUT2D eigenvalue weighted by molar-refractivity contribution is 9.11. The van der Waals surface area contributed by atoms with Gasteiger partial charge < -0.3 is 0 Å². The summed E-state index contributed by atoms with van der Waals surface area (Å²) < 4.78 is 2.24. The van der Waals surface area contributed by atoms with Crippen LogP contribution in [0.15, 0.2) is 75.7 Å². The van der Waals surface area contributed by atoms with E-state index in [1.54, 1.807) is 0 Å². The molecule has 0 amide bonds. The topological polar surface area (TPSA) is 0 Å². The quantitative estimate of drug-likeness (QED) is 0.213. The summed E-state index contributed by atoms with van der Waals surface area (Å²) in [6, 6.07) is 24.2. The summed E-state index contributed by atoms with van der Waals surface area (Å²) >= 11 is 7.69. The first-order valence-corrected chi connectivity index (χ1v) is 11.6. The largest absolute Gasteiger partial charge is 0.0619 e. The van der Waals surface area contributed by atoms with Crippen molar-refractivity contribution in [1.29, 1.82) is 0 Å². The van der Waals surface area contributed by atoms with Crippen LogP contribution < -0.4 is 0 Å². The van der Waals surface area contributed by atoms with Crippen LogP contribution in [0.4, 0.5) is 0 Å². The van der Waals surface area contributed by atoms with Crippen molar-refractivity contribution in [2.45, 2.75) is 32.6 Å². The van der Waals surface area contributed by atoms with E-state index in [1.807, 2.05) is 0 Å². The highest BCUT2D eigenvalue weighted by atomic mass is 79.9. The summed E-state index contributed by atoms with van der Waals surface area (Å²) in [7, 11) is 0. The maximum atomic E-state index is 3.85. The predicted molar refractivity (Wildman–Crippen MR) is 132 cm³/mol. The Labute approximate surface area is 189 Å². The second kappa shape index (κ2) is 6.82. The lowest BCUT2D eigenvalue weighted by Gasteiger charge is -2.28. The highest BCUT2D eigenvalue weighted by Crippen LogP contribution is 2.53. The van der Waals surface area contributed by atoms with Gasteiger partial charge in [-0.15, -0.1) is 0 Å². The van der Waals surface area contributed by atoms with E-state index in [0.29, 0.717) is 0 Å². The van der Waals surface area contributed by atoms with Gasteiger partial charge >= 0.3 is 0 Å². The van der Waals surface area contributed by atoms with Crippen molar-refractivity contribution >= 4 is 42.6 Å². The van der Waals surface area contributed by atoms with Crippen LogP contribution >= 0.6 is 31.9 Å². The smallest absolute Gasteiger partial charge is 0.0265 e. The molecule has 1 aliphatic carbocycles. The van der Waals surface area contributed by atoms with E-state index in [-0.39, 0.29) is 5.41 Å². The fraction of sp³-hybridized carbons (Fsp3) is 0.185. The van der Waals surface area contributed by atoms with Crippen LogP contribution in [-0.4, -0.2) is 0 Å². The fourth-order valence-corrected chi connectivity index (χ4v) is 6.32. The monoisotopic (exact) mass is 504 g/mol. The van der Waals surface area contributed by atoms with Gasteiger partial charge in [-0.2, -0.15) is 0 Å². The van der Waals surface area contributed by atoms with E-state index in [4.69, 9.17) is 0 Å². The average Bonchev–Trinajstić information content (AvgIpc) is 3.04. The molecule has 1 aliphatic rings. The standard InChI is InChI=1S/C27H22Br2/c1-27(2,3)26-19-12-7-6-11-18(19)24(25-21(28)13-8-14-22(25)29)23-17-10-5-4-9-16(17)15-20(23)26/h4-14H,15H2,1-3H3. The zero-order chi connectivity index (χ0) is 20.3. The molecular weight excluding hydrogens is 484 g/mol. The molecule has 0 aromatic heterocycles. The van der Waals surface area contributed by atoms with E-state index < -0.39 is 0 Å². The minimum absolute atomic E-state index is 0.0649. The van der Waals surface area contributed by atoms with E-state index in [0.717, 1.165) is 15.4 Å². The number of benzene rings is 4. The van der Waals surface area contributed by atoms with Crippen molar-refractivity contribution in [2.24, 2.45) is 0 Å². The molecule has 0 N–H and O–H groups in total. The third-order valence-corrected chi connectivity index (χ3v) is 7.26. The van der Waals surface area contributed by atoms with Gasteiger partial charge in [0.25, 0.3) is 0 Å². The maximum Gasteiger partial charge on any atom is 0.0265 e. The number of hydrogen-bond donors (Lipinski definition) is 0. The van der Waals surface area contributed by atoms with Crippen LogP contribution in [0.3, 0.4) is 0 Å². The number of fused-ring (bicyclic) bond motifs is 4. The minimum Gasteiger partial charge on any atom is -0.0619 e. The van der Waals surface area contributed by atoms with Crippen LogP contribution in [0.2, 0.25) is 0 Å². The number of hydrogen-bond acceptors (Lipinski definition) is 0. The van der Waals surface area contributed by atoms with E-state index in [9.17, 15) is 0 Å².